The van der Waals surface area contributed by atoms with Gasteiger partial charge < -0.3 is 14.7 Å². The summed E-state index contributed by atoms with van der Waals surface area (Å²) in [6, 6.07) is 3.96. The third-order valence-electron chi connectivity index (χ3n) is 4.39. The molecule has 0 bridgehead atoms. The van der Waals surface area contributed by atoms with Gasteiger partial charge in [-0.1, -0.05) is 0 Å². The monoisotopic (exact) mass is 358 g/mol. The number of carboxylic acid groups (broad SMARTS) is 1. The van der Waals surface area contributed by atoms with Gasteiger partial charge in [-0.25, -0.2) is 4.39 Å². The van der Waals surface area contributed by atoms with Crippen molar-refractivity contribution in [1.82, 2.24) is 4.98 Å². The van der Waals surface area contributed by atoms with E-state index in [2.05, 4.69) is 4.98 Å². The first-order valence-electron chi connectivity index (χ1n) is 7.39. The molecule has 2 heterocycles. The number of nitrogens with zero attached hydrogens (tertiary/aromatic N) is 2. The summed E-state index contributed by atoms with van der Waals surface area (Å²) in [5, 5.41) is 9.53. The number of benzene rings is 1. The molecule has 1 fully saturated rings. The lowest BCUT2D eigenvalue weighted by Crippen LogP contribution is -2.33. The minimum absolute atomic E-state index is 0.0666. The number of methoxy groups -OCH3 is 1. The molecular formula is C16H14F4N2O3. The number of carbonyl (C=O) groups is 1. The lowest BCUT2D eigenvalue weighted by molar-refractivity contribution is -0.187. The Hall–Kier alpha value is -2.58. The fourth-order valence-corrected chi connectivity index (χ4v) is 3.15. The van der Waals surface area contributed by atoms with Crippen molar-refractivity contribution < 1.29 is 32.2 Å². The molecule has 9 heteroatoms. The van der Waals surface area contributed by atoms with Crippen molar-refractivity contribution in [1.29, 1.82) is 0 Å². The number of carboxylic acids is 1. The van der Waals surface area contributed by atoms with Crippen LogP contribution < -0.4 is 9.64 Å². The summed E-state index contributed by atoms with van der Waals surface area (Å²) in [6.07, 6.45) is -3.27. The first-order chi connectivity index (χ1) is 11.7. The second-order valence-electron chi connectivity index (χ2n) is 5.83. The van der Waals surface area contributed by atoms with Crippen molar-refractivity contribution >= 4 is 22.6 Å². The van der Waals surface area contributed by atoms with Crippen LogP contribution in [0.25, 0.3) is 10.9 Å². The van der Waals surface area contributed by atoms with Crippen LogP contribution in [0.5, 0.6) is 5.75 Å². The molecule has 1 aliphatic heterocycles. The van der Waals surface area contributed by atoms with E-state index in [4.69, 9.17) is 9.84 Å². The Labute approximate surface area is 139 Å². The van der Waals surface area contributed by atoms with Crippen LogP contribution in [-0.4, -0.2) is 42.4 Å². The molecular weight excluding hydrogens is 344 g/mol. The second-order valence-corrected chi connectivity index (χ2v) is 5.83. The van der Waals surface area contributed by atoms with Crippen LogP contribution in [0, 0.1) is 17.7 Å². The van der Waals surface area contributed by atoms with Crippen molar-refractivity contribution in [2.45, 2.75) is 6.18 Å². The predicted molar refractivity (Wildman–Crippen MR) is 81.1 cm³/mol. The van der Waals surface area contributed by atoms with E-state index in [0.717, 1.165) is 6.07 Å². The molecule has 0 amide bonds. The van der Waals surface area contributed by atoms with Crippen molar-refractivity contribution in [3.8, 4) is 5.75 Å². The summed E-state index contributed by atoms with van der Waals surface area (Å²) in [7, 11) is 1.27. The number of ether oxygens (including phenoxy) is 1. The van der Waals surface area contributed by atoms with Gasteiger partial charge in [-0.3, -0.25) is 9.78 Å². The van der Waals surface area contributed by atoms with Gasteiger partial charge in [0.15, 0.2) is 11.6 Å². The molecule has 0 aliphatic carbocycles. The van der Waals surface area contributed by atoms with Gasteiger partial charge in [-0.05, 0) is 12.1 Å². The van der Waals surface area contributed by atoms with E-state index in [1.807, 2.05) is 0 Å². The van der Waals surface area contributed by atoms with Gasteiger partial charge in [0.2, 0.25) is 0 Å². The summed E-state index contributed by atoms with van der Waals surface area (Å²) in [4.78, 5) is 16.6. The third kappa shape index (κ3) is 3.06. The van der Waals surface area contributed by atoms with E-state index >= 15 is 0 Å². The number of aliphatic carboxylic acids is 1. The quantitative estimate of drug-likeness (QED) is 0.855. The molecule has 2 aromatic rings. The van der Waals surface area contributed by atoms with Crippen LogP contribution in [0.4, 0.5) is 23.2 Å². The zero-order chi connectivity index (χ0) is 18.4. The van der Waals surface area contributed by atoms with E-state index in [1.165, 1.54) is 30.3 Å². The van der Waals surface area contributed by atoms with Gasteiger partial charge in [0.25, 0.3) is 0 Å². The second kappa shape index (κ2) is 6.05. The number of hydrogen-bond acceptors (Lipinski definition) is 4. The Morgan fingerprint density at radius 3 is 2.64 bits per heavy atom. The SMILES string of the molecule is COc1cc2c(N3C[C@@H](C(F)(F)F)[C@H](C(=O)O)C3)ccnc2cc1F. The Morgan fingerprint density at radius 2 is 2.08 bits per heavy atom. The molecule has 1 aromatic carbocycles. The van der Waals surface area contributed by atoms with E-state index in [0.29, 0.717) is 11.1 Å². The average Bonchev–Trinajstić information content (AvgIpc) is 2.99. The van der Waals surface area contributed by atoms with E-state index in [-0.39, 0.29) is 17.8 Å². The highest BCUT2D eigenvalue weighted by Gasteiger charge is 2.52. The lowest BCUT2D eigenvalue weighted by atomic mass is 9.96. The predicted octanol–water partition coefficient (Wildman–Crippen LogP) is 3.08. The maximum atomic E-state index is 13.8. The number of rotatable bonds is 3. The highest BCUT2D eigenvalue weighted by molar-refractivity contribution is 5.93. The topological polar surface area (TPSA) is 62.7 Å². The molecule has 3 rings (SSSR count). The van der Waals surface area contributed by atoms with Gasteiger partial charge >= 0.3 is 12.1 Å². The van der Waals surface area contributed by atoms with Gasteiger partial charge in [-0.15, -0.1) is 0 Å². The summed E-state index contributed by atoms with van der Waals surface area (Å²) < 4.78 is 58.2. The molecule has 1 N–H and O–H groups in total. The Balaban J connectivity index is 2.06. The van der Waals surface area contributed by atoms with Crippen LogP contribution in [0.2, 0.25) is 0 Å². The molecule has 1 aliphatic rings. The maximum absolute atomic E-state index is 13.8. The van der Waals surface area contributed by atoms with Gasteiger partial charge in [0.05, 0.1) is 24.5 Å². The molecule has 2 atom stereocenters. The van der Waals surface area contributed by atoms with Gasteiger partial charge in [0, 0.05) is 36.4 Å². The Kier molecular flexibility index (Phi) is 4.18. The molecule has 1 saturated heterocycles. The number of fused-ring (bicyclic) bond motifs is 1. The summed E-state index contributed by atoms with van der Waals surface area (Å²) in [5.41, 5.74) is 0.611. The molecule has 0 radical (unpaired) electrons. The fraction of sp³-hybridized carbons (Fsp3) is 0.375. The van der Waals surface area contributed by atoms with Crippen molar-refractivity contribution in [2.24, 2.45) is 11.8 Å². The lowest BCUT2D eigenvalue weighted by Gasteiger charge is -2.21. The van der Waals surface area contributed by atoms with Crippen molar-refractivity contribution in [3.05, 3.63) is 30.2 Å². The van der Waals surface area contributed by atoms with Crippen LogP contribution in [0.1, 0.15) is 0 Å². The maximum Gasteiger partial charge on any atom is 0.394 e. The smallest absolute Gasteiger partial charge is 0.394 e. The molecule has 5 nitrogen and oxygen atoms in total. The molecule has 0 saturated carbocycles. The molecule has 25 heavy (non-hydrogen) atoms. The van der Waals surface area contributed by atoms with Crippen molar-refractivity contribution in [2.75, 3.05) is 25.1 Å². The minimum atomic E-state index is -4.62. The molecule has 0 unspecified atom stereocenters. The van der Waals surface area contributed by atoms with E-state index in [1.54, 1.807) is 0 Å². The number of pyridine rings is 1. The number of hydrogen-bond donors (Lipinski definition) is 1. The molecule has 0 spiro atoms. The number of aromatic nitrogens is 1. The van der Waals surface area contributed by atoms with Gasteiger partial charge in [-0.2, -0.15) is 13.2 Å². The average molecular weight is 358 g/mol. The number of alkyl halides is 3. The normalized spacial score (nSPS) is 20.9. The van der Waals surface area contributed by atoms with Crippen LogP contribution in [0.3, 0.4) is 0 Å². The number of halogens is 4. The van der Waals surface area contributed by atoms with Crippen LogP contribution >= 0.6 is 0 Å². The highest BCUT2D eigenvalue weighted by Crippen LogP contribution is 2.41. The summed E-state index contributed by atoms with van der Waals surface area (Å²) in [6.45, 7) is -0.780. The van der Waals surface area contributed by atoms with E-state index < -0.39 is 36.3 Å². The summed E-state index contributed by atoms with van der Waals surface area (Å²) in [5.74, 6) is -5.74. The fourth-order valence-electron chi connectivity index (χ4n) is 3.15. The largest absolute Gasteiger partial charge is 0.494 e. The minimum Gasteiger partial charge on any atom is -0.494 e. The molecule has 1 aromatic heterocycles. The standard InChI is InChI=1S/C16H14F4N2O3/c1-25-14-4-8-12(5-11(14)17)21-3-2-13(8)22-6-9(15(23)24)10(7-22)16(18,19)20/h2-5,9-10H,6-7H2,1H3,(H,23,24)/t9-,10-/m1/s1. The zero-order valence-electron chi connectivity index (χ0n) is 13.0. The third-order valence-corrected chi connectivity index (χ3v) is 4.39. The zero-order valence-corrected chi connectivity index (χ0v) is 13.0. The first kappa shape index (κ1) is 17.2. The Morgan fingerprint density at radius 1 is 1.36 bits per heavy atom. The van der Waals surface area contributed by atoms with Crippen molar-refractivity contribution in [3.63, 3.8) is 0 Å². The Bertz CT molecular complexity index is 825. The van der Waals surface area contributed by atoms with Crippen LogP contribution in [-0.2, 0) is 4.79 Å². The highest BCUT2D eigenvalue weighted by atomic mass is 19.4. The van der Waals surface area contributed by atoms with Gasteiger partial charge in [0.1, 0.15) is 0 Å². The summed E-state index contributed by atoms with van der Waals surface area (Å²) >= 11 is 0. The van der Waals surface area contributed by atoms with E-state index in [9.17, 15) is 22.4 Å². The number of anilines is 1. The molecule has 134 valence electrons. The first-order valence-corrected chi connectivity index (χ1v) is 7.39. The van der Waals surface area contributed by atoms with Crippen LogP contribution in [0.15, 0.2) is 24.4 Å².